The number of hydrogen-bond acceptors (Lipinski definition) is 5. The molecule has 3 N–H and O–H groups in total. The summed E-state index contributed by atoms with van der Waals surface area (Å²) in [7, 11) is 0. The van der Waals surface area contributed by atoms with Crippen LogP contribution in [0.4, 0.5) is 0 Å². The van der Waals surface area contributed by atoms with Crippen LogP contribution in [0.5, 0.6) is 0 Å². The van der Waals surface area contributed by atoms with Crippen LogP contribution in [-0.4, -0.2) is 20.1 Å². The fourth-order valence-electron chi connectivity index (χ4n) is 1.92. The van der Waals surface area contributed by atoms with E-state index < -0.39 is 5.91 Å². The summed E-state index contributed by atoms with van der Waals surface area (Å²) in [5.74, 6) is 5.07. The summed E-state index contributed by atoms with van der Waals surface area (Å²) in [4.78, 5) is 23.5. The molecule has 3 aromatic heterocycles. The van der Waals surface area contributed by atoms with E-state index in [4.69, 9.17) is 10.3 Å². The van der Waals surface area contributed by atoms with Gasteiger partial charge in [-0.3, -0.25) is 15.0 Å². The van der Waals surface area contributed by atoms with Crippen molar-refractivity contribution in [3.63, 3.8) is 0 Å². The molecule has 3 rings (SSSR count). The van der Waals surface area contributed by atoms with Crippen LogP contribution < -0.4 is 16.8 Å². The molecule has 0 unspecified atom stereocenters. The molecule has 0 aromatic carbocycles. The van der Waals surface area contributed by atoms with E-state index in [-0.39, 0.29) is 12.1 Å². The van der Waals surface area contributed by atoms with Crippen LogP contribution in [0.2, 0.25) is 0 Å². The summed E-state index contributed by atoms with van der Waals surface area (Å²) in [5.41, 5.74) is 2.60. The molecule has 8 nitrogen and oxygen atoms in total. The standard InChI is InChI=1S/C12H11N5O3/c13-15-11(18)8-5-9(20-7-8)6-16-3-4-17-10(12(16)19)1-2-14-17/h1-5,7H,6,13H2,(H,15,18). The maximum atomic E-state index is 12.2. The first-order valence-electron chi connectivity index (χ1n) is 5.80. The fourth-order valence-corrected chi connectivity index (χ4v) is 1.92. The van der Waals surface area contributed by atoms with E-state index in [1.54, 1.807) is 24.7 Å². The van der Waals surface area contributed by atoms with Crippen LogP contribution in [0.15, 0.2) is 46.2 Å². The van der Waals surface area contributed by atoms with Gasteiger partial charge in [0.25, 0.3) is 11.5 Å². The number of aromatic nitrogens is 3. The number of amides is 1. The van der Waals surface area contributed by atoms with Crippen molar-refractivity contribution in [1.82, 2.24) is 19.6 Å². The quantitative estimate of drug-likeness (QED) is 0.388. The Hall–Kier alpha value is -2.87. The number of hydrazine groups is 1. The van der Waals surface area contributed by atoms with Gasteiger partial charge in [-0.25, -0.2) is 10.4 Å². The minimum absolute atomic E-state index is 0.189. The van der Waals surface area contributed by atoms with Crippen molar-refractivity contribution in [3.8, 4) is 0 Å². The number of carbonyl (C=O) groups is 1. The van der Waals surface area contributed by atoms with Gasteiger partial charge in [0, 0.05) is 12.4 Å². The number of nitrogen functional groups attached to an aromatic ring is 1. The van der Waals surface area contributed by atoms with Crippen LogP contribution in [0.1, 0.15) is 16.1 Å². The van der Waals surface area contributed by atoms with Crippen molar-refractivity contribution in [2.75, 3.05) is 0 Å². The smallest absolute Gasteiger partial charge is 0.276 e. The first kappa shape index (κ1) is 12.2. The Bertz CT molecular complexity index is 829. The van der Waals surface area contributed by atoms with E-state index in [9.17, 15) is 9.59 Å². The molecule has 0 saturated heterocycles. The first-order valence-corrected chi connectivity index (χ1v) is 5.80. The highest BCUT2D eigenvalue weighted by Gasteiger charge is 2.10. The van der Waals surface area contributed by atoms with Crippen molar-refractivity contribution in [2.45, 2.75) is 6.54 Å². The first-order chi connectivity index (χ1) is 9.69. The SMILES string of the molecule is NNC(=O)c1coc(Cn2ccn3nccc3c2=O)c1. The Morgan fingerprint density at radius 1 is 1.45 bits per heavy atom. The molecule has 0 aliphatic heterocycles. The molecule has 0 saturated carbocycles. The van der Waals surface area contributed by atoms with Gasteiger partial charge in [0.2, 0.25) is 0 Å². The number of furan rings is 1. The molecule has 0 aliphatic carbocycles. The zero-order valence-electron chi connectivity index (χ0n) is 10.3. The van der Waals surface area contributed by atoms with Crippen molar-refractivity contribution in [1.29, 1.82) is 0 Å². The minimum atomic E-state index is -0.446. The Labute approximate surface area is 112 Å². The van der Waals surface area contributed by atoms with Gasteiger partial charge in [-0.1, -0.05) is 0 Å². The third-order valence-electron chi connectivity index (χ3n) is 2.91. The Kier molecular flexibility index (Phi) is 2.84. The molecule has 1 amide bonds. The van der Waals surface area contributed by atoms with E-state index in [1.165, 1.54) is 21.4 Å². The molecule has 3 heterocycles. The van der Waals surface area contributed by atoms with E-state index in [0.29, 0.717) is 16.8 Å². The highest BCUT2D eigenvalue weighted by molar-refractivity contribution is 5.93. The van der Waals surface area contributed by atoms with Gasteiger partial charge in [-0.15, -0.1) is 0 Å². The second-order valence-corrected chi connectivity index (χ2v) is 4.17. The van der Waals surface area contributed by atoms with Crippen LogP contribution in [-0.2, 0) is 6.54 Å². The molecule has 8 heteroatoms. The monoisotopic (exact) mass is 273 g/mol. The van der Waals surface area contributed by atoms with Crippen molar-refractivity contribution in [3.05, 3.63) is 58.7 Å². The van der Waals surface area contributed by atoms with Crippen LogP contribution in [0.25, 0.3) is 5.52 Å². The Morgan fingerprint density at radius 3 is 3.10 bits per heavy atom. The number of carbonyl (C=O) groups excluding carboxylic acids is 1. The molecule has 3 aromatic rings. The maximum absolute atomic E-state index is 12.2. The van der Waals surface area contributed by atoms with Gasteiger partial charge in [-0.2, -0.15) is 5.10 Å². The highest BCUT2D eigenvalue weighted by Crippen LogP contribution is 2.09. The lowest BCUT2D eigenvalue weighted by atomic mass is 10.3. The molecule has 0 aliphatic rings. The maximum Gasteiger partial charge on any atom is 0.276 e. The predicted octanol–water partition coefficient (Wildman–Crippen LogP) is -0.259. The number of hydrogen-bond donors (Lipinski definition) is 2. The lowest BCUT2D eigenvalue weighted by molar-refractivity contribution is 0.0953. The van der Waals surface area contributed by atoms with E-state index in [1.807, 2.05) is 5.43 Å². The van der Waals surface area contributed by atoms with E-state index >= 15 is 0 Å². The molecule has 0 radical (unpaired) electrons. The van der Waals surface area contributed by atoms with Gasteiger partial charge in [0.15, 0.2) is 0 Å². The van der Waals surface area contributed by atoms with Crippen LogP contribution in [0.3, 0.4) is 0 Å². The number of nitrogens with one attached hydrogen (secondary N) is 1. The average molecular weight is 273 g/mol. The molecule has 20 heavy (non-hydrogen) atoms. The van der Waals surface area contributed by atoms with Crippen molar-refractivity contribution >= 4 is 11.4 Å². The number of nitrogens with zero attached hydrogens (tertiary/aromatic N) is 3. The second kappa shape index (κ2) is 4.67. The van der Waals surface area contributed by atoms with Gasteiger partial charge in [0.05, 0.1) is 18.3 Å². The van der Waals surface area contributed by atoms with Gasteiger partial charge < -0.3 is 8.98 Å². The van der Waals surface area contributed by atoms with Crippen molar-refractivity contribution in [2.24, 2.45) is 5.84 Å². The zero-order chi connectivity index (χ0) is 14.1. The van der Waals surface area contributed by atoms with Gasteiger partial charge in [-0.05, 0) is 12.1 Å². The third kappa shape index (κ3) is 1.97. The van der Waals surface area contributed by atoms with E-state index in [0.717, 1.165) is 0 Å². The molecule has 0 spiro atoms. The lowest BCUT2D eigenvalue weighted by Crippen LogP contribution is -2.29. The Balaban J connectivity index is 1.93. The lowest BCUT2D eigenvalue weighted by Gasteiger charge is -2.03. The largest absolute Gasteiger partial charge is 0.467 e. The molecular formula is C12H11N5O3. The van der Waals surface area contributed by atoms with Gasteiger partial charge >= 0.3 is 0 Å². The molecule has 0 bridgehead atoms. The zero-order valence-corrected chi connectivity index (χ0v) is 10.3. The summed E-state index contributed by atoms with van der Waals surface area (Å²) in [6.07, 6.45) is 6.12. The molecule has 102 valence electrons. The highest BCUT2D eigenvalue weighted by atomic mass is 16.3. The third-order valence-corrected chi connectivity index (χ3v) is 2.91. The van der Waals surface area contributed by atoms with Crippen molar-refractivity contribution < 1.29 is 9.21 Å². The summed E-state index contributed by atoms with van der Waals surface area (Å²) < 4.78 is 8.21. The normalized spacial score (nSPS) is 10.8. The van der Waals surface area contributed by atoms with Gasteiger partial charge in [0.1, 0.15) is 17.5 Å². The van der Waals surface area contributed by atoms with Crippen LogP contribution >= 0.6 is 0 Å². The minimum Gasteiger partial charge on any atom is -0.467 e. The summed E-state index contributed by atoms with van der Waals surface area (Å²) in [5, 5.41) is 3.98. The second-order valence-electron chi connectivity index (χ2n) is 4.17. The Morgan fingerprint density at radius 2 is 2.30 bits per heavy atom. The number of fused-ring (bicyclic) bond motifs is 1. The number of rotatable bonds is 3. The molecule has 0 fully saturated rings. The van der Waals surface area contributed by atoms with Crippen LogP contribution in [0, 0.1) is 0 Å². The fraction of sp³-hybridized carbons (Fsp3) is 0.0833. The summed E-state index contributed by atoms with van der Waals surface area (Å²) in [6, 6.07) is 3.17. The molecular weight excluding hydrogens is 262 g/mol. The molecule has 0 atom stereocenters. The van der Waals surface area contributed by atoms with E-state index in [2.05, 4.69) is 5.10 Å². The number of nitrogens with two attached hydrogens (primary N) is 1. The summed E-state index contributed by atoms with van der Waals surface area (Å²) >= 11 is 0. The topological polar surface area (TPSA) is 108 Å². The predicted molar refractivity (Wildman–Crippen MR) is 68.9 cm³/mol. The summed E-state index contributed by atoms with van der Waals surface area (Å²) in [6.45, 7) is 0.221. The average Bonchev–Trinajstić information content (AvgIpc) is 3.10.